The predicted molar refractivity (Wildman–Crippen MR) is 161 cm³/mol. The zero-order valence-electron chi connectivity index (χ0n) is 23.6. The summed E-state index contributed by atoms with van der Waals surface area (Å²) >= 11 is 5.19. The summed E-state index contributed by atoms with van der Waals surface area (Å²) in [5, 5.41) is 5.17. The van der Waals surface area contributed by atoms with E-state index in [1.54, 1.807) is 0 Å². The zero-order chi connectivity index (χ0) is 26.2. The molecule has 37 heavy (non-hydrogen) atoms. The van der Waals surface area contributed by atoms with Crippen molar-refractivity contribution in [3.63, 3.8) is 0 Å². The Morgan fingerprint density at radius 1 is 0.919 bits per heavy atom. The normalized spacial score (nSPS) is 15.9. The molecule has 4 rings (SSSR count). The van der Waals surface area contributed by atoms with Crippen LogP contribution in [0.2, 0.25) is 0 Å². The van der Waals surface area contributed by atoms with Crippen molar-refractivity contribution >= 4 is 18.1 Å². The highest BCUT2D eigenvalue weighted by molar-refractivity contribution is 7.80. The number of likely N-dealkylation sites (tertiary alicyclic amines) is 1. The lowest BCUT2D eigenvalue weighted by Gasteiger charge is -2.30. The van der Waals surface area contributed by atoms with Crippen LogP contribution in [0.5, 0.6) is 0 Å². The van der Waals surface area contributed by atoms with Gasteiger partial charge in [0.2, 0.25) is 0 Å². The summed E-state index contributed by atoms with van der Waals surface area (Å²) in [5.74, 6) is 1.39. The quantitative estimate of drug-likeness (QED) is 0.184. The van der Waals surface area contributed by atoms with Crippen LogP contribution in [0.25, 0.3) is 16.8 Å². The van der Waals surface area contributed by atoms with Gasteiger partial charge in [-0.2, -0.15) is 17.7 Å². The molecule has 5 heteroatoms. The standard InChI is InChI=1S/C32H48N4S/c1-25(2)15-21-35(22-16-26(3)4)32(37)28-17-23-36-30(24-28)29(14-11-20-34-18-9-6-10-19-34)31(33-36)27-12-7-5-8-13-27/h5,7-8,12-13,17,23-26,32,37H,6,9-11,14-16,18-22H2,1-4H3. The highest BCUT2D eigenvalue weighted by Gasteiger charge is 2.21. The number of thiol groups is 1. The molecule has 0 saturated carbocycles. The van der Waals surface area contributed by atoms with Gasteiger partial charge in [-0.3, -0.25) is 4.90 Å². The minimum atomic E-state index is 0.0961. The Morgan fingerprint density at radius 3 is 2.24 bits per heavy atom. The lowest BCUT2D eigenvalue weighted by Crippen LogP contribution is -2.30. The van der Waals surface area contributed by atoms with Gasteiger partial charge in [0, 0.05) is 17.3 Å². The van der Waals surface area contributed by atoms with Gasteiger partial charge in [-0.05, 0) is 101 Å². The maximum Gasteiger partial charge on any atom is 0.0965 e. The van der Waals surface area contributed by atoms with Crippen molar-refractivity contribution in [3.8, 4) is 11.3 Å². The molecule has 1 aliphatic heterocycles. The van der Waals surface area contributed by atoms with Gasteiger partial charge in [0.15, 0.2) is 0 Å². The van der Waals surface area contributed by atoms with Gasteiger partial charge in [0.25, 0.3) is 0 Å². The molecule has 2 aromatic heterocycles. The number of nitrogens with zero attached hydrogens (tertiary/aromatic N) is 4. The third-order valence-corrected chi connectivity index (χ3v) is 8.41. The third-order valence-electron chi connectivity index (χ3n) is 7.79. The molecule has 3 heterocycles. The van der Waals surface area contributed by atoms with E-state index in [0.717, 1.165) is 25.2 Å². The minimum Gasteiger partial charge on any atom is -0.303 e. The van der Waals surface area contributed by atoms with Gasteiger partial charge in [0.05, 0.1) is 16.6 Å². The Morgan fingerprint density at radius 2 is 1.59 bits per heavy atom. The fourth-order valence-corrected chi connectivity index (χ4v) is 5.82. The van der Waals surface area contributed by atoms with Gasteiger partial charge in [-0.25, -0.2) is 4.52 Å². The first-order valence-electron chi connectivity index (χ1n) is 14.6. The molecule has 1 aromatic carbocycles. The first-order chi connectivity index (χ1) is 17.9. The lowest BCUT2D eigenvalue weighted by molar-refractivity contribution is 0.226. The molecule has 1 saturated heterocycles. The minimum absolute atomic E-state index is 0.0961. The molecule has 0 radical (unpaired) electrons. The molecule has 0 bridgehead atoms. The van der Waals surface area contributed by atoms with E-state index < -0.39 is 0 Å². The molecule has 1 aliphatic rings. The van der Waals surface area contributed by atoms with E-state index >= 15 is 0 Å². The van der Waals surface area contributed by atoms with Gasteiger partial charge in [0.1, 0.15) is 0 Å². The van der Waals surface area contributed by atoms with Gasteiger partial charge < -0.3 is 4.90 Å². The molecule has 0 spiro atoms. The molecule has 3 aromatic rings. The first-order valence-corrected chi connectivity index (χ1v) is 15.1. The molecule has 4 nitrogen and oxygen atoms in total. The molecule has 1 atom stereocenters. The number of aryl methyl sites for hydroxylation is 1. The van der Waals surface area contributed by atoms with Crippen molar-refractivity contribution < 1.29 is 0 Å². The fraction of sp³-hybridized carbons (Fsp3) is 0.594. The van der Waals surface area contributed by atoms with Crippen LogP contribution in [0, 0.1) is 11.8 Å². The summed E-state index contributed by atoms with van der Waals surface area (Å²) in [6.07, 6.45) is 10.9. The van der Waals surface area contributed by atoms with Crippen LogP contribution in [0.3, 0.4) is 0 Å². The van der Waals surface area contributed by atoms with E-state index in [0.29, 0.717) is 11.8 Å². The summed E-state index contributed by atoms with van der Waals surface area (Å²) < 4.78 is 2.09. The number of hydrogen-bond acceptors (Lipinski definition) is 4. The van der Waals surface area contributed by atoms with Crippen LogP contribution in [0.1, 0.15) is 82.7 Å². The summed E-state index contributed by atoms with van der Waals surface area (Å²) in [5.41, 5.74) is 6.23. The molecule has 0 N–H and O–H groups in total. The molecule has 1 unspecified atom stereocenters. The average molecular weight is 521 g/mol. The summed E-state index contributed by atoms with van der Waals surface area (Å²) in [4.78, 5) is 5.22. The van der Waals surface area contributed by atoms with E-state index in [-0.39, 0.29) is 5.37 Å². The van der Waals surface area contributed by atoms with Crippen LogP contribution in [-0.2, 0) is 6.42 Å². The zero-order valence-corrected chi connectivity index (χ0v) is 24.5. The van der Waals surface area contributed by atoms with E-state index in [4.69, 9.17) is 17.7 Å². The van der Waals surface area contributed by atoms with Gasteiger partial charge in [-0.1, -0.05) is 64.4 Å². The van der Waals surface area contributed by atoms with E-state index in [2.05, 4.69) is 90.7 Å². The van der Waals surface area contributed by atoms with Crippen molar-refractivity contribution in [3.05, 3.63) is 59.8 Å². The van der Waals surface area contributed by atoms with E-state index in [1.165, 1.54) is 80.4 Å². The third kappa shape index (κ3) is 7.84. The Bertz CT molecular complexity index is 1070. The average Bonchev–Trinajstić information content (AvgIpc) is 3.27. The highest BCUT2D eigenvalue weighted by Crippen LogP contribution is 2.32. The Labute approximate surface area is 230 Å². The van der Waals surface area contributed by atoms with Crippen LogP contribution < -0.4 is 0 Å². The molecule has 202 valence electrons. The first kappa shape index (κ1) is 28.2. The van der Waals surface area contributed by atoms with Crippen molar-refractivity contribution in [2.24, 2.45) is 11.8 Å². The molecular formula is C32H48N4S. The van der Waals surface area contributed by atoms with Crippen LogP contribution in [0.4, 0.5) is 0 Å². The lowest BCUT2D eigenvalue weighted by atomic mass is 10.0. The van der Waals surface area contributed by atoms with Crippen molar-refractivity contribution in [1.29, 1.82) is 0 Å². The van der Waals surface area contributed by atoms with Crippen LogP contribution in [0.15, 0.2) is 48.7 Å². The number of benzene rings is 1. The van der Waals surface area contributed by atoms with Crippen LogP contribution in [-0.4, -0.2) is 52.1 Å². The van der Waals surface area contributed by atoms with Crippen molar-refractivity contribution in [1.82, 2.24) is 19.4 Å². The Hall–Kier alpha value is -1.82. The van der Waals surface area contributed by atoms with Crippen LogP contribution >= 0.6 is 12.6 Å². The molecule has 0 amide bonds. The number of rotatable bonds is 13. The van der Waals surface area contributed by atoms with E-state index in [1.807, 2.05) is 0 Å². The molecule has 0 aliphatic carbocycles. The van der Waals surface area contributed by atoms with Crippen molar-refractivity contribution in [2.75, 3.05) is 32.7 Å². The second kappa shape index (κ2) is 13.8. The topological polar surface area (TPSA) is 23.8 Å². The second-order valence-corrected chi connectivity index (χ2v) is 12.3. The molecule has 1 fully saturated rings. The van der Waals surface area contributed by atoms with E-state index in [9.17, 15) is 0 Å². The number of fused-ring (bicyclic) bond motifs is 1. The summed E-state index contributed by atoms with van der Waals surface area (Å²) in [6, 6.07) is 15.3. The summed E-state index contributed by atoms with van der Waals surface area (Å²) in [6.45, 7) is 15.1. The smallest absolute Gasteiger partial charge is 0.0965 e. The van der Waals surface area contributed by atoms with Gasteiger partial charge >= 0.3 is 0 Å². The predicted octanol–water partition coefficient (Wildman–Crippen LogP) is 7.74. The van der Waals surface area contributed by atoms with Gasteiger partial charge in [-0.15, -0.1) is 0 Å². The fourth-order valence-electron chi connectivity index (χ4n) is 5.42. The SMILES string of the molecule is CC(C)CCN(CCC(C)C)C(S)c1ccn2nc(-c3ccccc3)c(CCCN3CCCCC3)c2c1. The number of aromatic nitrogens is 2. The Kier molecular flexibility index (Phi) is 10.5. The second-order valence-electron chi connectivity index (χ2n) is 11.8. The maximum atomic E-state index is 5.19. The van der Waals surface area contributed by atoms with Crippen molar-refractivity contribution in [2.45, 2.75) is 78.0 Å². The monoisotopic (exact) mass is 520 g/mol. The number of hydrogen-bond donors (Lipinski definition) is 1. The largest absolute Gasteiger partial charge is 0.303 e. The summed E-state index contributed by atoms with van der Waals surface area (Å²) in [7, 11) is 0. The highest BCUT2D eigenvalue weighted by atomic mass is 32.1. The number of pyridine rings is 1. The maximum absolute atomic E-state index is 5.19. The Balaban J connectivity index is 1.61. The molecular weight excluding hydrogens is 472 g/mol. The number of piperidine rings is 1.